The maximum atomic E-state index is 12.3. The number of nitrogens with one attached hydrogen (secondary N) is 1. The molecule has 0 saturated carbocycles. The Balaban J connectivity index is 1.10. The Morgan fingerprint density at radius 3 is 2.53 bits per heavy atom. The lowest BCUT2D eigenvalue weighted by Gasteiger charge is -2.08. The summed E-state index contributed by atoms with van der Waals surface area (Å²) in [6.45, 7) is 3.26. The molecular formula is C27H25N5O2. The average Bonchev–Trinajstić information content (AvgIpc) is 3.50. The SMILES string of the molecule is Cc1ccc(-c2nnc(CCC(=O)NCc3ccc(Cn4cnc5ccccc54)cc3)o2)cc1. The van der Waals surface area contributed by atoms with Gasteiger partial charge in [-0.2, -0.15) is 0 Å². The molecule has 7 nitrogen and oxygen atoms in total. The Kier molecular flexibility index (Phi) is 6.16. The van der Waals surface area contributed by atoms with E-state index in [2.05, 4.69) is 43.3 Å². The molecule has 5 rings (SSSR count). The van der Waals surface area contributed by atoms with Crippen molar-refractivity contribution in [3.05, 3.63) is 102 Å². The molecule has 0 unspecified atom stereocenters. The lowest BCUT2D eigenvalue weighted by Crippen LogP contribution is -2.23. The molecular weight excluding hydrogens is 426 g/mol. The molecule has 0 saturated heterocycles. The summed E-state index contributed by atoms with van der Waals surface area (Å²) in [7, 11) is 0. The second-order valence-electron chi connectivity index (χ2n) is 8.32. The number of aryl methyl sites for hydroxylation is 2. The van der Waals surface area contributed by atoms with Crippen LogP contribution in [0.15, 0.2) is 83.5 Å². The first kappa shape index (κ1) is 21.6. The third-order valence-corrected chi connectivity index (χ3v) is 5.72. The van der Waals surface area contributed by atoms with E-state index in [1.807, 2.05) is 67.8 Å². The van der Waals surface area contributed by atoms with Gasteiger partial charge in [0.15, 0.2) is 0 Å². The normalized spacial score (nSPS) is 11.1. The van der Waals surface area contributed by atoms with E-state index in [4.69, 9.17) is 4.42 Å². The molecule has 0 atom stereocenters. The molecule has 5 aromatic rings. The molecule has 34 heavy (non-hydrogen) atoms. The first-order chi connectivity index (χ1) is 16.6. The molecule has 1 amide bonds. The Hall–Kier alpha value is -4.26. The zero-order valence-electron chi connectivity index (χ0n) is 18.9. The number of benzene rings is 3. The summed E-state index contributed by atoms with van der Waals surface area (Å²) in [4.78, 5) is 16.7. The van der Waals surface area contributed by atoms with Gasteiger partial charge < -0.3 is 14.3 Å². The maximum absolute atomic E-state index is 12.3. The van der Waals surface area contributed by atoms with Gasteiger partial charge in [-0.25, -0.2) is 4.98 Å². The molecule has 3 aromatic carbocycles. The van der Waals surface area contributed by atoms with Crippen LogP contribution in [0.25, 0.3) is 22.5 Å². The number of carbonyl (C=O) groups excluding carboxylic acids is 1. The summed E-state index contributed by atoms with van der Waals surface area (Å²) in [6.07, 6.45) is 2.57. The first-order valence-corrected chi connectivity index (χ1v) is 11.3. The highest BCUT2D eigenvalue weighted by atomic mass is 16.4. The highest BCUT2D eigenvalue weighted by Crippen LogP contribution is 2.19. The fourth-order valence-electron chi connectivity index (χ4n) is 3.77. The van der Waals surface area contributed by atoms with Crippen molar-refractivity contribution in [2.75, 3.05) is 0 Å². The molecule has 0 aliphatic carbocycles. The smallest absolute Gasteiger partial charge is 0.247 e. The second-order valence-corrected chi connectivity index (χ2v) is 8.32. The molecule has 0 aliphatic rings. The third-order valence-electron chi connectivity index (χ3n) is 5.72. The zero-order valence-corrected chi connectivity index (χ0v) is 18.9. The van der Waals surface area contributed by atoms with Crippen LogP contribution in [-0.2, 0) is 24.3 Å². The lowest BCUT2D eigenvalue weighted by atomic mass is 10.1. The van der Waals surface area contributed by atoms with Gasteiger partial charge in [-0.3, -0.25) is 4.79 Å². The summed E-state index contributed by atoms with van der Waals surface area (Å²) in [6, 6.07) is 24.2. The number of hydrogen-bond acceptors (Lipinski definition) is 5. The second kappa shape index (κ2) is 9.70. The van der Waals surface area contributed by atoms with Gasteiger partial charge >= 0.3 is 0 Å². The molecule has 1 N–H and O–H groups in total. The van der Waals surface area contributed by atoms with E-state index < -0.39 is 0 Å². The van der Waals surface area contributed by atoms with Gasteiger partial charge in [0.1, 0.15) is 0 Å². The summed E-state index contributed by atoms with van der Waals surface area (Å²) in [5.41, 5.74) is 6.38. The van der Waals surface area contributed by atoms with Gasteiger partial charge in [0.25, 0.3) is 0 Å². The number of hydrogen-bond donors (Lipinski definition) is 1. The summed E-state index contributed by atoms with van der Waals surface area (Å²) in [5, 5.41) is 11.1. The van der Waals surface area contributed by atoms with Crippen molar-refractivity contribution in [2.24, 2.45) is 0 Å². The van der Waals surface area contributed by atoms with E-state index in [-0.39, 0.29) is 5.91 Å². The van der Waals surface area contributed by atoms with E-state index >= 15 is 0 Å². The van der Waals surface area contributed by atoms with Crippen molar-refractivity contribution in [1.29, 1.82) is 0 Å². The van der Waals surface area contributed by atoms with Crippen molar-refractivity contribution in [3.63, 3.8) is 0 Å². The van der Waals surface area contributed by atoms with Gasteiger partial charge in [0.05, 0.1) is 17.4 Å². The predicted octanol–water partition coefficient (Wildman–Crippen LogP) is 4.69. The number of para-hydroxylation sites is 2. The number of amides is 1. The standard InChI is InChI=1S/C27H25N5O2/c1-19-6-12-22(13-7-19)27-31-30-26(34-27)15-14-25(33)28-16-20-8-10-21(11-9-20)17-32-18-29-23-4-2-3-5-24(23)32/h2-13,18H,14-17H2,1H3,(H,28,33). The van der Waals surface area contributed by atoms with Gasteiger partial charge in [-0.1, -0.05) is 54.1 Å². The van der Waals surface area contributed by atoms with Crippen molar-refractivity contribution in [1.82, 2.24) is 25.1 Å². The molecule has 2 heterocycles. The quantitative estimate of drug-likeness (QED) is 0.370. The van der Waals surface area contributed by atoms with Crippen LogP contribution in [0, 0.1) is 6.92 Å². The Labute approximate surface area is 197 Å². The number of aromatic nitrogens is 4. The molecule has 2 aromatic heterocycles. The maximum Gasteiger partial charge on any atom is 0.247 e. The average molecular weight is 452 g/mol. The molecule has 0 fully saturated rings. The van der Waals surface area contributed by atoms with Crippen molar-refractivity contribution >= 4 is 16.9 Å². The topological polar surface area (TPSA) is 85.8 Å². The minimum Gasteiger partial charge on any atom is -0.421 e. The lowest BCUT2D eigenvalue weighted by molar-refractivity contribution is -0.121. The third kappa shape index (κ3) is 5.04. The van der Waals surface area contributed by atoms with E-state index in [0.717, 1.165) is 28.7 Å². The van der Waals surface area contributed by atoms with Crippen LogP contribution in [0.3, 0.4) is 0 Å². The summed E-state index contributed by atoms with van der Waals surface area (Å²) in [5.74, 6) is 0.880. The minimum absolute atomic E-state index is 0.0518. The predicted molar refractivity (Wildman–Crippen MR) is 130 cm³/mol. The van der Waals surface area contributed by atoms with Crippen molar-refractivity contribution in [2.45, 2.75) is 32.9 Å². The molecule has 7 heteroatoms. The van der Waals surface area contributed by atoms with E-state index in [9.17, 15) is 4.79 Å². The fourth-order valence-corrected chi connectivity index (χ4v) is 3.77. The van der Waals surface area contributed by atoms with Crippen LogP contribution in [0.2, 0.25) is 0 Å². The Morgan fingerprint density at radius 2 is 1.71 bits per heavy atom. The molecule has 0 spiro atoms. The molecule has 0 bridgehead atoms. The van der Waals surface area contributed by atoms with E-state index in [0.29, 0.717) is 31.2 Å². The fraction of sp³-hybridized carbons (Fsp3) is 0.185. The van der Waals surface area contributed by atoms with Crippen molar-refractivity contribution < 1.29 is 9.21 Å². The highest BCUT2D eigenvalue weighted by molar-refractivity contribution is 5.76. The number of rotatable bonds is 8. The van der Waals surface area contributed by atoms with E-state index in [1.54, 1.807) is 0 Å². The van der Waals surface area contributed by atoms with Crippen LogP contribution in [0.5, 0.6) is 0 Å². The van der Waals surface area contributed by atoms with Crippen LogP contribution >= 0.6 is 0 Å². The van der Waals surface area contributed by atoms with Gasteiger partial charge in [0.2, 0.25) is 17.7 Å². The monoisotopic (exact) mass is 451 g/mol. The highest BCUT2D eigenvalue weighted by Gasteiger charge is 2.11. The summed E-state index contributed by atoms with van der Waals surface area (Å²) >= 11 is 0. The number of nitrogens with zero attached hydrogens (tertiary/aromatic N) is 4. The number of carbonyl (C=O) groups is 1. The first-order valence-electron chi connectivity index (χ1n) is 11.3. The van der Waals surface area contributed by atoms with Crippen LogP contribution in [0.4, 0.5) is 0 Å². The van der Waals surface area contributed by atoms with Crippen LogP contribution in [0.1, 0.15) is 29.0 Å². The Bertz CT molecular complexity index is 1400. The van der Waals surface area contributed by atoms with Crippen molar-refractivity contribution in [3.8, 4) is 11.5 Å². The largest absolute Gasteiger partial charge is 0.421 e. The van der Waals surface area contributed by atoms with Crippen LogP contribution < -0.4 is 5.32 Å². The number of imidazole rings is 1. The van der Waals surface area contributed by atoms with Gasteiger partial charge in [-0.05, 0) is 42.3 Å². The molecule has 0 radical (unpaired) electrons. The van der Waals surface area contributed by atoms with Crippen LogP contribution in [-0.4, -0.2) is 25.7 Å². The molecule has 0 aliphatic heterocycles. The van der Waals surface area contributed by atoms with E-state index in [1.165, 1.54) is 11.1 Å². The van der Waals surface area contributed by atoms with Gasteiger partial charge in [0, 0.05) is 31.5 Å². The molecule has 170 valence electrons. The van der Waals surface area contributed by atoms with Gasteiger partial charge in [-0.15, -0.1) is 10.2 Å². The summed E-state index contributed by atoms with van der Waals surface area (Å²) < 4.78 is 7.83. The number of fused-ring (bicyclic) bond motifs is 1. The Morgan fingerprint density at radius 1 is 0.941 bits per heavy atom. The minimum atomic E-state index is -0.0518. The zero-order chi connectivity index (χ0) is 23.3.